The van der Waals surface area contributed by atoms with Crippen molar-refractivity contribution < 1.29 is 4.42 Å². The zero-order chi connectivity index (χ0) is 41.2. The highest BCUT2D eigenvalue weighted by Gasteiger charge is 2.18. The third-order valence-corrected chi connectivity index (χ3v) is 12.3. The second kappa shape index (κ2) is 16.2. The molecule has 0 saturated heterocycles. The number of hydrogen-bond acceptors (Lipinski definition) is 1. The van der Waals surface area contributed by atoms with Gasteiger partial charge in [0.1, 0.15) is 11.2 Å². The van der Waals surface area contributed by atoms with Crippen molar-refractivity contribution in [3.63, 3.8) is 0 Å². The highest BCUT2D eigenvalue weighted by molar-refractivity contribution is 6.06. The van der Waals surface area contributed by atoms with Crippen LogP contribution in [0.3, 0.4) is 0 Å². The van der Waals surface area contributed by atoms with Crippen molar-refractivity contribution in [2.75, 3.05) is 0 Å². The predicted octanol–water partition coefficient (Wildman–Crippen LogP) is 16.8. The van der Waals surface area contributed by atoms with Crippen molar-refractivity contribution in [3.05, 3.63) is 265 Å². The zero-order valence-corrected chi connectivity index (χ0v) is 34.2. The van der Waals surface area contributed by atoms with Gasteiger partial charge in [-0.1, -0.05) is 231 Å². The Morgan fingerprint density at radius 3 is 0.871 bits per heavy atom. The smallest absolute Gasteiger partial charge is 0.135 e. The summed E-state index contributed by atoms with van der Waals surface area (Å²) in [7, 11) is 0. The molecule has 0 bridgehead atoms. The molecule has 292 valence electrons. The first-order chi connectivity index (χ1) is 30.7. The van der Waals surface area contributed by atoms with Crippen LogP contribution in [-0.4, -0.2) is 0 Å². The SMILES string of the molecule is c1ccc(-c2ccc(-c3ccc(C(c4ccc(-c5ccc(-c6ccccc6)cc5)cc4)c4ccc(-c5ccc(-c6ccc7oc8ccccc8c7c6)cc5)cc4)cc3)cc2)cc1. The van der Waals surface area contributed by atoms with E-state index in [9.17, 15) is 0 Å². The maximum atomic E-state index is 6.08. The normalized spacial score (nSPS) is 11.4. The second-order valence-electron chi connectivity index (χ2n) is 16.1. The third-order valence-electron chi connectivity index (χ3n) is 12.3. The Morgan fingerprint density at radius 2 is 0.484 bits per heavy atom. The van der Waals surface area contributed by atoms with Crippen LogP contribution >= 0.6 is 0 Å². The molecular weight excluding hydrogens is 749 g/mol. The molecular formula is C61H42O. The average Bonchev–Trinajstić information content (AvgIpc) is 3.74. The van der Waals surface area contributed by atoms with E-state index in [4.69, 9.17) is 4.42 Å². The van der Waals surface area contributed by atoms with E-state index < -0.39 is 0 Å². The zero-order valence-electron chi connectivity index (χ0n) is 34.2. The van der Waals surface area contributed by atoms with E-state index in [1.807, 2.05) is 12.1 Å². The predicted molar refractivity (Wildman–Crippen MR) is 260 cm³/mol. The van der Waals surface area contributed by atoms with Crippen molar-refractivity contribution >= 4 is 21.9 Å². The van der Waals surface area contributed by atoms with Gasteiger partial charge in [0.2, 0.25) is 0 Å². The lowest BCUT2D eigenvalue weighted by Crippen LogP contribution is -2.03. The van der Waals surface area contributed by atoms with Gasteiger partial charge in [-0.25, -0.2) is 0 Å². The summed E-state index contributed by atoms with van der Waals surface area (Å²) in [5.41, 5.74) is 20.1. The Labute approximate surface area is 362 Å². The summed E-state index contributed by atoms with van der Waals surface area (Å²) >= 11 is 0. The summed E-state index contributed by atoms with van der Waals surface area (Å²) in [6.45, 7) is 0. The molecule has 0 spiro atoms. The molecule has 62 heavy (non-hydrogen) atoms. The number of para-hydroxylation sites is 1. The van der Waals surface area contributed by atoms with Gasteiger partial charge in [-0.05, 0) is 102 Å². The lowest BCUT2D eigenvalue weighted by molar-refractivity contribution is 0.669. The first kappa shape index (κ1) is 37.0. The molecule has 0 N–H and O–H groups in total. The van der Waals surface area contributed by atoms with E-state index in [0.717, 1.165) is 21.9 Å². The van der Waals surface area contributed by atoms with Gasteiger partial charge in [0.05, 0.1) is 0 Å². The lowest BCUT2D eigenvalue weighted by atomic mass is 9.83. The Balaban J connectivity index is 0.887. The van der Waals surface area contributed by atoms with E-state index in [0.29, 0.717) is 0 Å². The fourth-order valence-corrected chi connectivity index (χ4v) is 8.91. The van der Waals surface area contributed by atoms with Crippen LogP contribution in [0.25, 0.3) is 88.7 Å². The standard InChI is InChI=1S/C61H42O/c1-3-9-42(10-4-1)44-15-19-46(20-16-44)49-27-33-53(34-28-49)61(54-35-29-50(30-36-54)47-21-17-45(18-22-47)43-11-5-2-6-12-43)55-37-31-51(32-38-55)48-23-25-52(26-24-48)56-39-40-60-58(41-56)57-13-7-8-14-59(57)62-60/h1-41,61H. The van der Waals surface area contributed by atoms with Crippen LogP contribution in [-0.2, 0) is 0 Å². The Kier molecular flexibility index (Phi) is 9.69. The van der Waals surface area contributed by atoms with Gasteiger partial charge >= 0.3 is 0 Å². The summed E-state index contributed by atoms with van der Waals surface area (Å²) in [4.78, 5) is 0. The minimum atomic E-state index is 0.0596. The molecule has 0 radical (unpaired) electrons. The highest BCUT2D eigenvalue weighted by atomic mass is 16.3. The minimum absolute atomic E-state index is 0.0596. The Bertz CT molecular complexity index is 3130. The summed E-state index contributed by atoms with van der Waals surface area (Å²) in [6.07, 6.45) is 0. The molecule has 0 fully saturated rings. The molecule has 1 nitrogen and oxygen atoms in total. The number of furan rings is 1. The molecule has 0 saturated carbocycles. The van der Waals surface area contributed by atoms with Crippen LogP contribution in [0.15, 0.2) is 253 Å². The Hall–Kier alpha value is -8.00. The first-order valence-electron chi connectivity index (χ1n) is 21.3. The van der Waals surface area contributed by atoms with Gasteiger partial charge in [-0.15, -0.1) is 0 Å². The second-order valence-corrected chi connectivity index (χ2v) is 16.1. The molecule has 0 aliphatic rings. The van der Waals surface area contributed by atoms with Crippen molar-refractivity contribution in [2.45, 2.75) is 5.92 Å². The molecule has 0 atom stereocenters. The van der Waals surface area contributed by atoms with Crippen molar-refractivity contribution in [2.24, 2.45) is 0 Å². The van der Waals surface area contributed by atoms with Crippen molar-refractivity contribution in [1.29, 1.82) is 0 Å². The molecule has 11 aromatic rings. The van der Waals surface area contributed by atoms with E-state index in [2.05, 4.69) is 237 Å². The first-order valence-corrected chi connectivity index (χ1v) is 21.3. The van der Waals surface area contributed by atoms with Crippen LogP contribution in [0.1, 0.15) is 22.6 Å². The fourth-order valence-electron chi connectivity index (χ4n) is 8.91. The molecule has 10 aromatic carbocycles. The minimum Gasteiger partial charge on any atom is -0.456 e. The van der Waals surface area contributed by atoms with Gasteiger partial charge in [0.15, 0.2) is 0 Å². The summed E-state index contributed by atoms with van der Waals surface area (Å²) < 4.78 is 6.08. The number of rotatable bonds is 9. The largest absolute Gasteiger partial charge is 0.456 e. The van der Waals surface area contributed by atoms with Crippen molar-refractivity contribution in [3.8, 4) is 66.8 Å². The lowest BCUT2D eigenvalue weighted by Gasteiger charge is -2.20. The molecule has 0 unspecified atom stereocenters. The van der Waals surface area contributed by atoms with E-state index >= 15 is 0 Å². The van der Waals surface area contributed by atoms with Crippen LogP contribution < -0.4 is 0 Å². The molecule has 0 aliphatic heterocycles. The van der Waals surface area contributed by atoms with Gasteiger partial charge in [0, 0.05) is 16.7 Å². The third kappa shape index (κ3) is 7.31. The van der Waals surface area contributed by atoms with Crippen LogP contribution in [0.5, 0.6) is 0 Å². The van der Waals surface area contributed by atoms with Gasteiger partial charge in [0.25, 0.3) is 0 Å². The average molecular weight is 791 g/mol. The quantitative estimate of drug-likeness (QED) is 0.133. The van der Waals surface area contributed by atoms with Gasteiger partial charge in [-0.3, -0.25) is 0 Å². The maximum Gasteiger partial charge on any atom is 0.135 e. The van der Waals surface area contributed by atoms with Gasteiger partial charge < -0.3 is 4.42 Å². The number of hydrogen-bond donors (Lipinski definition) is 0. The molecule has 11 rings (SSSR count). The molecule has 0 amide bonds. The number of fused-ring (bicyclic) bond motifs is 3. The van der Waals surface area contributed by atoms with E-state index in [1.54, 1.807) is 0 Å². The van der Waals surface area contributed by atoms with Crippen LogP contribution in [0, 0.1) is 0 Å². The van der Waals surface area contributed by atoms with E-state index in [1.165, 1.54) is 83.5 Å². The monoisotopic (exact) mass is 790 g/mol. The van der Waals surface area contributed by atoms with E-state index in [-0.39, 0.29) is 5.92 Å². The number of benzene rings is 10. The molecule has 1 heteroatoms. The van der Waals surface area contributed by atoms with Gasteiger partial charge in [-0.2, -0.15) is 0 Å². The molecule has 1 heterocycles. The summed E-state index contributed by atoms with van der Waals surface area (Å²) in [5.74, 6) is 0.0596. The van der Waals surface area contributed by atoms with Crippen molar-refractivity contribution in [1.82, 2.24) is 0 Å². The highest BCUT2D eigenvalue weighted by Crippen LogP contribution is 2.37. The molecule has 1 aromatic heterocycles. The molecule has 0 aliphatic carbocycles. The fraction of sp³-hybridized carbons (Fsp3) is 0.0164. The summed E-state index contributed by atoms with van der Waals surface area (Å²) in [5, 5.41) is 2.29. The van der Waals surface area contributed by atoms with Crippen LogP contribution in [0.4, 0.5) is 0 Å². The summed E-state index contributed by atoms with van der Waals surface area (Å²) in [6, 6.07) is 90.0. The topological polar surface area (TPSA) is 13.1 Å². The maximum absolute atomic E-state index is 6.08. The van der Waals surface area contributed by atoms with Crippen LogP contribution in [0.2, 0.25) is 0 Å². The Morgan fingerprint density at radius 1 is 0.210 bits per heavy atom.